The molecule has 4 nitrogen and oxygen atoms in total. The van der Waals surface area contributed by atoms with Crippen molar-refractivity contribution in [3.05, 3.63) is 182 Å². The number of hydrogen-bond donors (Lipinski definition) is 0. The Bertz CT molecular complexity index is 2520. The standard InChI is InChI=1S/C45H30N4/c1-4-14-31(15-5-1)35-26-36(45-47-41(32-16-6-2-7-17-32)30-42(48-45)33-18-8-3-9-19-33)28-37(27-35)49-43-22-11-10-20-38(43)39-29-34(23-24-44(39)49)40-21-12-13-25-46-40/h1-30H. The van der Waals surface area contributed by atoms with E-state index < -0.39 is 0 Å². The third-order valence-corrected chi connectivity index (χ3v) is 9.04. The van der Waals surface area contributed by atoms with Gasteiger partial charge in [0.25, 0.3) is 0 Å². The summed E-state index contributed by atoms with van der Waals surface area (Å²) >= 11 is 0. The third-order valence-electron chi connectivity index (χ3n) is 9.04. The largest absolute Gasteiger partial charge is 0.309 e. The van der Waals surface area contributed by atoms with Gasteiger partial charge in [0, 0.05) is 44.9 Å². The maximum Gasteiger partial charge on any atom is 0.160 e. The smallest absolute Gasteiger partial charge is 0.160 e. The zero-order chi connectivity index (χ0) is 32.6. The van der Waals surface area contributed by atoms with Crippen LogP contribution in [-0.2, 0) is 0 Å². The van der Waals surface area contributed by atoms with Crippen molar-refractivity contribution in [2.75, 3.05) is 0 Å². The van der Waals surface area contributed by atoms with Gasteiger partial charge in [0.15, 0.2) is 5.82 Å². The van der Waals surface area contributed by atoms with Crippen LogP contribution >= 0.6 is 0 Å². The molecule has 0 spiro atoms. The second-order valence-corrected chi connectivity index (χ2v) is 12.1. The summed E-state index contributed by atoms with van der Waals surface area (Å²) in [5, 5.41) is 2.37. The fourth-order valence-electron chi connectivity index (χ4n) is 6.70. The van der Waals surface area contributed by atoms with Gasteiger partial charge >= 0.3 is 0 Å². The average Bonchev–Trinajstić information content (AvgIpc) is 3.53. The zero-order valence-corrected chi connectivity index (χ0v) is 26.6. The molecule has 3 heterocycles. The predicted molar refractivity (Wildman–Crippen MR) is 201 cm³/mol. The molecular formula is C45H30N4. The van der Waals surface area contributed by atoms with Gasteiger partial charge in [0.1, 0.15) is 0 Å². The van der Waals surface area contributed by atoms with E-state index in [0.717, 1.165) is 67.2 Å². The highest BCUT2D eigenvalue weighted by Gasteiger charge is 2.17. The Kier molecular flexibility index (Phi) is 7.10. The molecule has 0 bridgehead atoms. The van der Waals surface area contributed by atoms with Crippen LogP contribution in [0.4, 0.5) is 0 Å². The van der Waals surface area contributed by atoms with E-state index in [4.69, 9.17) is 9.97 Å². The summed E-state index contributed by atoms with van der Waals surface area (Å²) in [6, 6.07) is 61.3. The van der Waals surface area contributed by atoms with Crippen LogP contribution in [0.25, 0.3) is 83.8 Å². The molecule has 6 aromatic carbocycles. The Labute approximate surface area is 284 Å². The van der Waals surface area contributed by atoms with E-state index in [9.17, 15) is 0 Å². The fraction of sp³-hybridized carbons (Fsp3) is 0. The van der Waals surface area contributed by atoms with Gasteiger partial charge in [-0.3, -0.25) is 4.98 Å². The summed E-state index contributed by atoms with van der Waals surface area (Å²) in [4.78, 5) is 15.0. The molecule has 0 aliphatic rings. The van der Waals surface area contributed by atoms with Crippen LogP contribution in [0.5, 0.6) is 0 Å². The van der Waals surface area contributed by atoms with Crippen LogP contribution in [0.2, 0.25) is 0 Å². The number of benzene rings is 6. The van der Waals surface area contributed by atoms with Gasteiger partial charge in [-0.25, -0.2) is 9.97 Å². The van der Waals surface area contributed by atoms with Gasteiger partial charge in [-0.15, -0.1) is 0 Å². The molecule has 9 rings (SSSR count). The molecule has 230 valence electrons. The Hall–Kier alpha value is -6.65. The van der Waals surface area contributed by atoms with Crippen molar-refractivity contribution in [2.24, 2.45) is 0 Å². The lowest BCUT2D eigenvalue weighted by Crippen LogP contribution is -1.99. The minimum Gasteiger partial charge on any atom is -0.309 e. The number of para-hydroxylation sites is 1. The summed E-state index contributed by atoms with van der Waals surface area (Å²) in [6.45, 7) is 0. The van der Waals surface area contributed by atoms with Crippen molar-refractivity contribution in [3.63, 3.8) is 0 Å². The Morgan fingerprint density at radius 1 is 0.347 bits per heavy atom. The normalized spacial score (nSPS) is 11.3. The topological polar surface area (TPSA) is 43.6 Å². The molecule has 0 atom stereocenters. The minimum absolute atomic E-state index is 0.678. The molecule has 0 N–H and O–H groups in total. The monoisotopic (exact) mass is 626 g/mol. The quantitative estimate of drug-likeness (QED) is 0.184. The first kappa shape index (κ1) is 28.6. The van der Waals surface area contributed by atoms with Gasteiger partial charge in [-0.1, -0.05) is 121 Å². The van der Waals surface area contributed by atoms with Crippen molar-refractivity contribution >= 4 is 21.8 Å². The molecule has 9 aromatic rings. The van der Waals surface area contributed by atoms with E-state index in [0.29, 0.717) is 5.82 Å². The van der Waals surface area contributed by atoms with Crippen molar-refractivity contribution in [3.8, 4) is 62.0 Å². The molecule has 0 saturated carbocycles. The van der Waals surface area contributed by atoms with Crippen molar-refractivity contribution < 1.29 is 0 Å². The molecule has 0 aliphatic carbocycles. The lowest BCUT2D eigenvalue weighted by Gasteiger charge is -2.15. The van der Waals surface area contributed by atoms with Gasteiger partial charge in [0.2, 0.25) is 0 Å². The van der Waals surface area contributed by atoms with Crippen LogP contribution in [-0.4, -0.2) is 19.5 Å². The highest BCUT2D eigenvalue weighted by atomic mass is 15.0. The van der Waals surface area contributed by atoms with Gasteiger partial charge in [-0.05, 0) is 65.7 Å². The van der Waals surface area contributed by atoms with Crippen molar-refractivity contribution in [1.29, 1.82) is 0 Å². The van der Waals surface area contributed by atoms with Crippen LogP contribution in [0.3, 0.4) is 0 Å². The van der Waals surface area contributed by atoms with E-state index in [2.05, 4.69) is 161 Å². The Morgan fingerprint density at radius 2 is 0.939 bits per heavy atom. The molecule has 3 aromatic heterocycles. The Balaban J connectivity index is 1.30. The minimum atomic E-state index is 0.678. The average molecular weight is 627 g/mol. The number of hydrogen-bond acceptors (Lipinski definition) is 3. The maximum absolute atomic E-state index is 5.20. The second-order valence-electron chi connectivity index (χ2n) is 12.1. The van der Waals surface area contributed by atoms with E-state index in [1.807, 2.05) is 30.5 Å². The van der Waals surface area contributed by atoms with Crippen molar-refractivity contribution in [2.45, 2.75) is 0 Å². The first-order valence-electron chi connectivity index (χ1n) is 16.4. The van der Waals surface area contributed by atoms with Crippen LogP contribution in [0, 0.1) is 0 Å². The molecule has 4 heteroatoms. The van der Waals surface area contributed by atoms with E-state index in [1.54, 1.807) is 0 Å². The SMILES string of the molecule is c1ccc(-c2cc(-c3nc(-c4ccccc4)cc(-c4ccccc4)n3)cc(-n3c4ccccc4c4cc(-c5ccccn5)ccc43)c2)cc1. The third kappa shape index (κ3) is 5.35. The first-order chi connectivity index (χ1) is 24.3. The van der Waals surface area contributed by atoms with Gasteiger partial charge < -0.3 is 4.57 Å². The molecule has 0 fully saturated rings. The number of nitrogens with zero attached hydrogens (tertiary/aromatic N) is 4. The molecule has 0 radical (unpaired) electrons. The molecule has 0 aliphatic heterocycles. The second kappa shape index (κ2) is 12.2. The van der Waals surface area contributed by atoms with E-state index >= 15 is 0 Å². The predicted octanol–water partition coefficient (Wildman–Crippen LogP) is 11.3. The van der Waals surface area contributed by atoms with Crippen LogP contribution < -0.4 is 0 Å². The molecule has 0 unspecified atom stereocenters. The Morgan fingerprint density at radius 3 is 1.61 bits per heavy atom. The molecule has 0 amide bonds. The van der Waals surface area contributed by atoms with E-state index in [-0.39, 0.29) is 0 Å². The molecule has 49 heavy (non-hydrogen) atoms. The first-order valence-corrected chi connectivity index (χ1v) is 16.4. The number of aromatic nitrogens is 4. The van der Waals surface area contributed by atoms with Crippen LogP contribution in [0.15, 0.2) is 182 Å². The number of pyridine rings is 1. The summed E-state index contributed by atoms with van der Waals surface area (Å²) in [6.07, 6.45) is 1.84. The van der Waals surface area contributed by atoms with E-state index in [1.165, 1.54) is 10.8 Å². The van der Waals surface area contributed by atoms with Crippen molar-refractivity contribution in [1.82, 2.24) is 19.5 Å². The number of fused-ring (bicyclic) bond motifs is 3. The zero-order valence-electron chi connectivity index (χ0n) is 26.6. The number of rotatable bonds is 6. The summed E-state index contributed by atoms with van der Waals surface area (Å²) in [5.74, 6) is 0.678. The highest BCUT2D eigenvalue weighted by Crippen LogP contribution is 2.38. The molecule has 0 saturated heterocycles. The van der Waals surface area contributed by atoms with Crippen LogP contribution in [0.1, 0.15) is 0 Å². The lowest BCUT2D eigenvalue weighted by atomic mass is 10.0. The van der Waals surface area contributed by atoms with Gasteiger partial charge in [0.05, 0.1) is 28.1 Å². The maximum atomic E-state index is 5.20. The highest BCUT2D eigenvalue weighted by molar-refractivity contribution is 6.10. The summed E-state index contributed by atoms with van der Waals surface area (Å²) in [7, 11) is 0. The fourth-order valence-corrected chi connectivity index (χ4v) is 6.70. The van der Waals surface area contributed by atoms with Gasteiger partial charge in [-0.2, -0.15) is 0 Å². The molecular weight excluding hydrogens is 597 g/mol. The summed E-state index contributed by atoms with van der Waals surface area (Å²) < 4.78 is 2.36. The lowest BCUT2D eigenvalue weighted by molar-refractivity contribution is 1.16. The summed E-state index contributed by atoms with van der Waals surface area (Å²) in [5.41, 5.74) is 12.4.